The third-order valence-electron chi connectivity index (χ3n) is 3.15. The number of anilines is 2. The van der Waals surface area contributed by atoms with Crippen LogP contribution in [0.1, 0.15) is 19.4 Å². The van der Waals surface area contributed by atoms with E-state index in [0.717, 1.165) is 5.56 Å². The molecule has 0 aliphatic heterocycles. The van der Waals surface area contributed by atoms with Crippen LogP contribution in [-0.4, -0.2) is 17.9 Å². The van der Waals surface area contributed by atoms with Crippen LogP contribution in [0.3, 0.4) is 0 Å². The Morgan fingerprint density at radius 1 is 1.00 bits per heavy atom. The Labute approximate surface area is 135 Å². The summed E-state index contributed by atoms with van der Waals surface area (Å²) in [6.45, 7) is 5.11. The standard InChI is InChI=1S/C18H20N2O3/c1-12-7-9-17(10-8-12)23-13(2)18(22)20-16-6-4-5-15(11-16)19-14(3)21/h4-11,13H,1-3H3,(H,19,21)(H,20,22)/t13-/m1/s1. The number of carbonyl (C=O) groups is 2. The molecular formula is C18H20N2O3. The Bertz CT molecular complexity index is 696. The van der Waals surface area contributed by atoms with Crippen LogP contribution in [0.2, 0.25) is 0 Å². The van der Waals surface area contributed by atoms with Crippen molar-refractivity contribution in [2.45, 2.75) is 26.9 Å². The van der Waals surface area contributed by atoms with Crippen LogP contribution < -0.4 is 15.4 Å². The number of hydrogen-bond acceptors (Lipinski definition) is 3. The van der Waals surface area contributed by atoms with Gasteiger partial charge in [0.2, 0.25) is 5.91 Å². The molecule has 0 saturated carbocycles. The molecule has 0 heterocycles. The summed E-state index contributed by atoms with van der Waals surface area (Å²) in [6, 6.07) is 14.5. The summed E-state index contributed by atoms with van der Waals surface area (Å²) in [5.41, 5.74) is 2.35. The van der Waals surface area contributed by atoms with Crippen LogP contribution in [0.5, 0.6) is 5.75 Å². The van der Waals surface area contributed by atoms with Gasteiger partial charge in [-0.3, -0.25) is 9.59 Å². The zero-order valence-electron chi connectivity index (χ0n) is 13.4. The number of aryl methyl sites for hydroxylation is 1. The second-order valence-corrected chi connectivity index (χ2v) is 5.32. The molecule has 2 amide bonds. The molecule has 2 rings (SSSR count). The lowest BCUT2D eigenvalue weighted by Gasteiger charge is -2.15. The highest BCUT2D eigenvalue weighted by Crippen LogP contribution is 2.17. The molecule has 2 aromatic carbocycles. The summed E-state index contributed by atoms with van der Waals surface area (Å²) >= 11 is 0. The zero-order chi connectivity index (χ0) is 16.8. The Kier molecular flexibility index (Phi) is 5.36. The maximum absolute atomic E-state index is 12.2. The van der Waals surface area contributed by atoms with Crippen molar-refractivity contribution in [3.63, 3.8) is 0 Å². The summed E-state index contributed by atoms with van der Waals surface area (Å²) in [4.78, 5) is 23.3. The number of rotatable bonds is 5. The van der Waals surface area contributed by atoms with Crippen molar-refractivity contribution >= 4 is 23.2 Å². The predicted octanol–water partition coefficient (Wildman–Crippen LogP) is 3.36. The molecule has 0 unspecified atom stereocenters. The SMILES string of the molecule is CC(=O)Nc1cccc(NC(=O)[C@@H](C)Oc2ccc(C)cc2)c1. The molecule has 2 aromatic rings. The average Bonchev–Trinajstić information content (AvgIpc) is 2.49. The summed E-state index contributed by atoms with van der Waals surface area (Å²) < 4.78 is 5.62. The molecule has 2 N–H and O–H groups in total. The summed E-state index contributed by atoms with van der Waals surface area (Å²) in [5, 5.41) is 5.44. The largest absolute Gasteiger partial charge is 0.481 e. The van der Waals surface area contributed by atoms with E-state index in [2.05, 4.69) is 10.6 Å². The van der Waals surface area contributed by atoms with Crippen LogP contribution in [0.25, 0.3) is 0 Å². The number of hydrogen-bond donors (Lipinski definition) is 2. The van der Waals surface area contributed by atoms with Crippen molar-refractivity contribution in [3.05, 3.63) is 54.1 Å². The average molecular weight is 312 g/mol. The van der Waals surface area contributed by atoms with E-state index in [1.54, 1.807) is 31.2 Å². The normalized spacial score (nSPS) is 11.4. The highest BCUT2D eigenvalue weighted by Gasteiger charge is 2.15. The number of ether oxygens (including phenoxy) is 1. The maximum atomic E-state index is 12.2. The molecule has 5 heteroatoms. The van der Waals surface area contributed by atoms with Gasteiger partial charge in [-0.2, -0.15) is 0 Å². The van der Waals surface area contributed by atoms with E-state index in [9.17, 15) is 9.59 Å². The minimum Gasteiger partial charge on any atom is -0.481 e. The first kappa shape index (κ1) is 16.5. The predicted molar refractivity (Wildman–Crippen MR) is 90.6 cm³/mol. The van der Waals surface area contributed by atoms with Crippen LogP contribution in [-0.2, 0) is 9.59 Å². The highest BCUT2D eigenvalue weighted by atomic mass is 16.5. The number of carbonyl (C=O) groups excluding carboxylic acids is 2. The van der Waals surface area contributed by atoms with Crippen molar-refractivity contribution in [1.29, 1.82) is 0 Å². The summed E-state index contributed by atoms with van der Waals surface area (Å²) in [6.07, 6.45) is -0.637. The second kappa shape index (κ2) is 7.45. The van der Waals surface area contributed by atoms with Gasteiger partial charge in [-0.05, 0) is 44.2 Å². The van der Waals surface area contributed by atoms with Gasteiger partial charge in [0.1, 0.15) is 5.75 Å². The maximum Gasteiger partial charge on any atom is 0.265 e. The van der Waals surface area contributed by atoms with E-state index in [1.165, 1.54) is 6.92 Å². The third-order valence-corrected chi connectivity index (χ3v) is 3.15. The first-order valence-corrected chi connectivity index (χ1v) is 7.36. The lowest BCUT2D eigenvalue weighted by molar-refractivity contribution is -0.122. The molecule has 23 heavy (non-hydrogen) atoms. The topological polar surface area (TPSA) is 67.4 Å². The lowest BCUT2D eigenvalue weighted by Crippen LogP contribution is -2.30. The fraction of sp³-hybridized carbons (Fsp3) is 0.222. The Morgan fingerprint density at radius 3 is 2.22 bits per heavy atom. The molecule has 120 valence electrons. The monoisotopic (exact) mass is 312 g/mol. The molecule has 1 atom stereocenters. The van der Waals surface area contributed by atoms with E-state index < -0.39 is 6.10 Å². The fourth-order valence-electron chi connectivity index (χ4n) is 2.00. The van der Waals surface area contributed by atoms with Gasteiger partial charge in [-0.25, -0.2) is 0 Å². The number of benzene rings is 2. The minimum absolute atomic E-state index is 0.162. The first-order valence-electron chi connectivity index (χ1n) is 7.36. The third kappa shape index (κ3) is 5.14. The highest BCUT2D eigenvalue weighted by molar-refractivity contribution is 5.95. The van der Waals surface area contributed by atoms with Crippen molar-refractivity contribution in [2.24, 2.45) is 0 Å². The lowest BCUT2D eigenvalue weighted by atomic mass is 10.2. The zero-order valence-corrected chi connectivity index (χ0v) is 13.4. The summed E-state index contributed by atoms with van der Waals surface area (Å²) in [5.74, 6) is 0.223. The van der Waals surface area contributed by atoms with E-state index in [-0.39, 0.29) is 11.8 Å². The van der Waals surface area contributed by atoms with Crippen LogP contribution in [0.4, 0.5) is 11.4 Å². The van der Waals surface area contributed by atoms with Gasteiger partial charge in [0.15, 0.2) is 6.10 Å². The second-order valence-electron chi connectivity index (χ2n) is 5.32. The number of amides is 2. The van der Waals surface area contributed by atoms with Crippen molar-refractivity contribution in [1.82, 2.24) is 0 Å². The van der Waals surface area contributed by atoms with Gasteiger partial charge in [0.25, 0.3) is 5.91 Å². The minimum atomic E-state index is -0.637. The van der Waals surface area contributed by atoms with E-state index >= 15 is 0 Å². The molecule has 0 radical (unpaired) electrons. The Hall–Kier alpha value is -2.82. The molecule has 5 nitrogen and oxygen atoms in total. The van der Waals surface area contributed by atoms with Crippen molar-refractivity contribution in [3.8, 4) is 5.75 Å². The molecule has 0 bridgehead atoms. The first-order chi connectivity index (χ1) is 10.9. The molecule has 0 aliphatic carbocycles. The van der Waals surface area contributed by atoms with Crippen LogP contribution >= 0.6 is 0 Å². The summed E-state index contributed by atoms with van der Waals surface area (Å²) in [7, 11) is 0. The van der Waals surface area contributed by atoms with Gasteiger partial charge in [-0.1, -0.05) is 23.8 Å². The smallest absolute Gasteiger partial charge is 0.265 e. The quantitative estimate of drug-likeness (QED) is 0.889. The van der Waals surface area contributed by atoms with Gasteiger partial charge < -0.3 is 15.4 Å². The van der Waals surface area contributed by atoms with Gasteiger partial charge in [-0.15, -0.1) is 0 Å². The number of nitrogens with one attached hydrogen (secondary N) is 2. The van der Waals surface area contributed by atoms with E-state index in [4.69, 9.17) is 4.74 Å². The molecule has 0 spiro atoms. The molecule has 0 aromatic heterocycles. The van der Waals surface area contributed by atoms with Gasteiger partial charge in [0.05, 0.1) is 0 Å². The molecular weight excluding hydrogens is 292 g/mol. The van der Waals surface area contributed by atoms with Gasteiger partial charge >= 0.3 is 0 Å². The fourth-order valence-corrected chi connectivity index (χ4v) is 2.00. The molecule has 0 fully saturated rings. The Morgan fingerprint density at radius 2 is 1.61 bits per heavy atom. The van der Waals surface area contributed by atoms with Crippen LogP contribution in [0, 0.1) is 6.92 Å². The Balaban J connectivity index is 1.97. The van der Waals surface area contributed by atoms with Crippen LogP contribution in [0.15, 0.2) is 48.5 Å². The molecule has 0 aliphatic rings. The van der Waals surface area contributed by atoms with E-state index in [0.29, 0.717) is 17.1 Å². The van der Waals surface area contributed by atoms with Crippen molar-refractivity contribution in [2.75, 3.05) is 10.6 Å². The van der Waals surface area contributed by atoms with Gasteiger partial charge in [0, 0.05) is 18.3 Å². The van der Waals surface area contributed by atoms with E-state index in [1.807, 2.05) is 31.2 Å². The van der Waals surface area contributed by atoms with Crippen molar-refractivity contribution < 1.29 is 14.3 Å². The molecule has 0 saturated heterocycles.